The van der Waals surface area contributed by atoms with Gasteiger partial charge in [-0.2, -0.15) is 0 Å². The number of Topliss-reactive ketones (excluding diaryl/α,β-unsaturated/α-hetero) is 1. The Morgan fingerprint density at radius 3 is 3.09 bits per heavy atom. The molecule has 0 saturated heterocycles. The maximum absolute atomic E-state index is 12.8. The van der Waals surface area contributed by atoms with Crippen molar-refractivity contribution >= 4 is 17.1 Å². The molecule has 4 atom stereocenters. The van der Waals surface area contributed by atoms with Crippen molar-refractivity contribution in [1.82, 2.24) is 4.90 Å². The lowest BCUT2D eigenvalue weighted by Gasteiger charge is -2.36. The number of thiophene rings is 1. The molecule has 6 heteroatoms. The summed E-state index contributed by atoms with van der Waals surface area (Å²) >= 11 is 1.73. The van der Waals surface area contributed by atoms with Crippen LogP contribution >= 0.6 is 11.3 Å². The fourth-order valence-corrected chi connectivity index (χ4v) is 7.50. The van der Waals surface area contributed by atoms with E-state index in [4.69, 9.17) is 9.47 Å². The smallest absolute Gasteiger partial charge is 0.167 e. The number of ketones is 1. The molecule has 0 unspecified atom stereocenters. The number of rotatable bonds is 6. The van der Waals surface area contributed by atoms with Gasteiger partial charge in [-0.15, -0.1) is 11.3 Å². The number of hydrogen-bond donors (Lipinski definition) is 1. The third-order valence-electron chi connectivity index (χ3n) is 8.41. The first-order valence-corrected chi connectivity index (χ1v) is 13.5. The summed E-state index contributed by atoms with van der Waals surface area (Å²) in [5.41, 5.74) is 3.38. The Morgan fingerprint density at radius 2 is 2.21 bits per heavy atom. The summed E-state index contributed by atoms with van der Waals surface area (Å²) in [6, 6.07) is 6.24. The molecule has 180 valence electrons. The Kier molecular flexibility index (Phi) is 5.79. The predicted octanol–water partition coefficient (Wildman–Crippen LogP) is 4.90. The Balaban J connectivity index is 1.13. The second kappa shape index (κ2) is 8.81. The van der Waals surface area contributed by atoms with Crippen molar-refractivity contribution in [3.8, 4) is 11.5 Å². The molecule has 0 amide bonds. The molecular formula is C28H33NO4S. The number of carbonyl (C=O) groups is 1. The van der Waals surface area contributed by atoms with Gasteiger partial charge >= 0.3 is 0 Å². The number of unbranched alkanes of at least 4 members (excludes halogenated alkanes) is 1. The van der Waals surface area contributed by atoms with Crippen LogP contribution in [0.25, 0.3) is 0 Å². The molecule has 3 heterocycles. The summed E-state index contributed by atoms with van der Waals surface area (Å²) in [5, 5.41) is 12.3. The van der Waals surface area contributed by atoms with E-state index in [1.54, 1.807) is 18.4 Å². The molecule has 6 rings (SSSR count). The van der Waals surface area contributed by atoms with Crippen molar-refractivity contribution in [2.45, 2.75) is 69.1 Å². The Labute approximate surface area is 205 Å². The van der Waals surface area contributed by atoms with E-state index in [-0.39, 0.29) is 17.4 Å². The first kappa shape index (κ1) is 22.3. The number of nitrogens with zero attached hydrogens (tertiary/aromatic N) is 1. The number of benzene rings is 1. The Bertz CT molecular complexity index is 1120. The van der Waals surface area contributed by atoms with E-state index in [9.17, 15) is 9.90 Å². The van der Waals surface area contributed by atoms with Crippen LogP contribution in [0.3, 0.4) is 0 Å². The van der Waals surface area contributed by atoms with E-state index in [0.717, 1.165) is 75.2 Å². The molecule has 1 aromatic heterocycles. The summed E-state index contributed by atoms with van der Waals surface area (Å²) in [5.74, 6) is 2.23. The number of ether oxygens (including phenoxy) is 2. The molecule has 34 heavy (non-hydrogen) atoms. The highest BCUT2D eigenvalue weighted by molar-refractivity contribution is 7.10. The van der Waals surface area contributed by atoms with Gasteiger partial charge in [0.1, 0.15) is 6.10 Å². The number of methoxy groups -OCH3 is 1. The van der Waals surface area contributed by atoms with Gasteiger partial charge < -0.3 is 14.6 Å². The van der Waals surface area contributed by atoms with E-state index >= 15 is 0 Å². The summed E-state index contributed by atoms with van der Waals surface area (Å²) in [6.07, 6.45) is 10.5. The predicted molar refractivity (Wildman–Crippen MR) is 133 cm³/mol. The summed E-state index contributed by atoms with van der Waals surface area (Å²) in [6.45, 7) is 2.94. The van der Waals surface area contributed by atoms with E-state index in [1.165, 1.54) is 16.0 Å². The molecule has 2 aliphatic heterocycles. The van der Waals surface area contributed by atoms with Crippen LogP contribution < -0.4 is 9.47 Å². The van der Waals surface area contributed by atoms with Gasteiger partial charge in [-0.3, -0.25) is 9.69 Å². The van der Waals surface area contributed by atoms with Gasteiger partial charge in [0, 0.05) is 34.9 Å². The largest absolute Gasteiger partial charge is 0.493 e. The van der Waals surface area contributed by atoms with Crippen LogP contribution in [0, 0.1) is 5.92 Å². The van der Waals surface area contributed by atoms with Gasteiger partial charge in [0.15, 0.2) is 17.3 Å². The lowest BCUT2D eigenvalue weighted by molar-refractivity contribution is 0.0809. The molecule has 4 aliphatic rings. The number of aliphatic hydroxyl groups excluding tert-OH is 1. The molecule has 2 aliphatic carbocycles. The molecule has 1 aromatic carbocycles. The van der Waals surface area contributed by atoms with Crippen molar-refractivity contribution in [2.24, 2.45) is 5.92 Å². The van der Waals surface area contributed by atoms with E-state index in [2.05, 4.69) is 22.4 Å². The molecule has 0 fully saturated rings. The van der Waals surface area contributed by atoms with Crippen LogP contribution in [0.5, 0.6) is 11.5 Å². The average Bonchev–Trinajstić information content (AvgIpc) is 3.41. The molecule has 2 aromatic rings. The zero-order chi connectivity index (χ0) is 23.3. The number of fused-ring (bicyclic) bond motifs is 1. The highest BCUT2D eigenvalue weighted by atomic mass is 32.1. The van der Waals surface area contributed by atoms with E-state index < -0.39 is 6.10 Å². The maximum Gasteiger partial charge on any atom is 0.167 e. The monoisotopic (exact) mass is 479 g/mol. The number of hydrogen-bond acceptors (Lipinski definition) is 6. The molecule has 0 saturated carbocycles. The second-order valence-corrected chi connectivity index (χ2v) is 11.3. The van der Waals surface area contributed by atoms with Crippen LogP contribution in [-0.2, 0) is 18.4 Å². The molecule has 1 N–H and O–H groups in total. The fourth-order valence-electron chi connectivity index (χ4n) is 6.60. The van der Waals surface area contributed by atoms with Crippen LogP contribution in [0.4, 0.5) is 0 Å². The van der Waals surface area contributed by atoms with Gasteiger partial charge in [0.05, 0.1) is 18.6 Å². The SMILES string of the molecule is COc1ccc2c3c1O[C@H]1C[C@@H](O)C=C[C@@]31CCN(CCCC[C@H]1CCc3sccc3C1=O)C2. The van der Waals surface area contributed by atoms with E-state index in [1.807, 2.05) is 18.2 Å². The summed E-state index contributed by atoms with van der Waals surface area (Å²) in [4.78, 5) is 16.6. The van der Waals surface area contributed by atoms with Crippen LogP contribution in [0.15, 0.2) is 35.7 Å². The van der Waals surface area contributed by atoms with Crippen molar-refractivity contribution in [3.63, 3.8) is 0 Å². The normalized spacial score (nSPS) is 29.7. The highest BCUT2D eigenvalue weighted by Gasteiger charge is 2.52. The number of carbonyl (C=O) groups excluding carboxylic acids is 1. The Morgan fingerprint density at radius 1 is 1.29 bits per heavy atom. The topological polar surface area (TPSA) is 59.0 Å². The third-order valence-corrected chi connectivity index (χ3v) is 9.39. The lowest BCUT2D eigenvalue weighted by atomic mass is 9.69. The number of aryl methyl sites for hydroxylation is 1. The van der Waals surface area contributed by atoms with Gasteiger partial charge in [-0.05, 0) is 68.3 Å². The minimum absolute atomic E-state index is 0.0446. The van der Waals surface area contributed by atoms with Crippen molar-refractivity contribution < 1.29 is 19.4 Å². The molecular weight excluding hydrogens is 446 g/mol. The second-order valence-electron chi connectivity index (χ2n) is 10.3. The maximum atomic E-state index is 12.8. The minimum atomic E-state index is -0.452. The van der Waals surface area contributed by atoms with Gasteiger partial charge in [0.2, 0.25) is 0 Å². The van der Waals surface area contributed by atoms with Crippen molar-refractivity contribution in [2.75, 3.05) is 20.2 Å². The molecule has 5 nitrogen and oxygen atoms in total. The molecule has 0 radical (unpaired) electrons. The minimum Gasteiger partial charge on any atom is -0.493 e. The fraction of sp³-hybridized carbons (Fsp3) is 0.536. The zero-order valence-electron chi connectivity index (χ0n) is 19.8. The van der Waals surface area contributed by atoms with E-state index in [0.29, 0.717) is 12.2 Å². The van der Waals surface area contributed by atoms with Gasteiger partial charge in [-0.25, -0.2) is 0 Å². The average molecular weight is 480 g/mol. The van der Waals surface area contributed by atoms with Crippen molar-refractivity contribution in [3.05, 3.63) is 57.3 Å². The summed E-state index contributed by atoms with van der Waals surface area (Å²) in [7, 11) is 1.69. The van der Waals surface area contributed by atoms with Crippen LogP contribution in [0.2, 0.25) is 0 Å². The highest BCUT2D eigenvalue weighted by Crippen LogP contribution is 2.55. The molecule has 0 bridgehead atoms. The van der Waals surface area contributed by atoms with Gasteiger partial charge in [-0.1, -0.05) is 24.6 Å². The molecule has 1 spiro atoms. The Hall–Kier alpha value is -2.15. The third kappa shape index (κ3) is 3.62. The summed E-state index contributed by atoms with van der Waals surface area (Å²) < 4.78 is 12.1. The lowest BCUT2D eigenvalue weighted by Crippen LogP contribution is -2.43. The first-order valence-electron chi connectivity index (χ1n) is 12.7. The van der Waals surface area contributed by atoms with Crippen molar-refractivity contribution in [1.29, 1.82) is 0 Å². The zero-order valence-corrected chi connectivity index (χ0v) is 20.6. The number of aliphatic hydroxyl groups is 1. The van der Waals surface area contributed by atoms with Crippen LogP contribution in [0.1, 0.15) is 64.9 Å². The first-order chi connectivity index (χ1) is 16.6. The standard InChI is InChI=1S/C28H33NO4S/c1-32-22-7-5-19-17-29(13-3-2-4-18-6-8-23-21(26(18)31)10-15-34-23)14-12-28-11-9-20(30)16-24(28)33-27(22)25(19)28/h5,7,9-11,15,18,20,24,30H,2-4,6,8,12-14,16-17H2,1H3/t18-,20-,24-,28-/m0/s1. The quantitative estimate of drug-likeness (QED) is 0.472. The van der Waals surface area contributed by atoms with Crippen LogP contribution in [-0.4, -0.2) is 48.2 Å². The van der Waals surface area contributed by atoms with Gasteiger partial charge in [0.25, 0.3) is 0 Å².